The zero-order chi connectivity index (χ0) is 23.7. The second kappa shape index (κ2) is 8.87. The lowest BCUT2D eigenvalue weighted by Gasteiger charge is -2.35. The highest BCUT2D eigenvalue weighted by molar-refractivity contribution is 5.97. The van der Waals surface area contributed by atoms with Crippen LogP contribution in [0, 0.1) is 18.3 Å². The summed E-state index contributed by atoms with van der Waals surface area (Å²) < 4.78 is 0. The maximum Gasteiger partial charge on any atom is 0.227 e. The van der Waals surface area contributed by atoms with Crippen molar-refractivity contribution in [1.29, 1.82) is 5.26 Å². The first-order chi connectivity index (χ1) is 16.5. The number of para-hydroxylation sites is 1. The lowest BCUT2D eigenvalue weighted by atomic mass is 10.0. The minimum atomic E-state index is 0.129. The number of carbonyl (C=O) groups excluding carboxylic acids is 1. The van der Waals surface area contributed by atoms with Gasteiger partial charge in [-0.05, 0) is 37.3 Å². The predicted molar refractivity (Wildman–Crippen MR) is 133 cm³/mol. The number of aromatic nitrogens is 3. The molecule has 170 valence electrons. The van der Waals surface area contributed by atoms with E-state index in [2.05, 4.69) is 38.4 Å². The Kier molecular flexibility index (Phi) is 5.60. The molecule has 0 saturated carbocycles. The molecular formula is C26H25N7O. The van der Waals surface area contributed by atoms with Gasteiger partial charge in [-0.3, -0.25) is 4.79 Å². The second-order valence-electron chi connectivity index (χ2n) is 8.40. The summed E-state index contributed by atoms with van der Waals surface area (Å²) in [5.41, 5.74) is 5.89. The van der Waals surface area contributed by atoms with E-state index in [1.54, 1.807) is 13.1 Å². The zero-order valence-electron chi connectivity index (χ0n) is 19.2. The molecule has 8 heteroatoms. The minimum absolute atomic E-state index is 0.129. The number of fused-ring (bicyclic) bond motifs is 1. The smallest absolute Gasteiger partial charge is 0.227 e. The number of H-pyrrole nitrogens is 1. The van der Waals surface area contributed by atoms with Crippen LogP contribution in [0.1, 0.15) is 18.2 Å². The number of rotatable bonds is 4. The van der Waals surface area contributed by atoms with Crippen LogP contribution in [0.4, 0.5) is 17.3 Å². The fourth-order valence-electron chi connectivity index (χ4n) is 4.46. The highest BCUT2D eigenvalue weighted by Crippen LogP contribution is 2.33. The van der Waals surface area contributed by atoms with Gasteiger partial charge in [0, 0.05) is 66.6 Å². The number of benzene rings is 2. The summed E-state index contributed by atoms with van der Waals surface area (Å²) in [6, 6.07) is 18.3. The molecule has 0 bridgehead atoms. The van der Waals surface area contributed by atoms with Crippen LogP contribution < -0.4 is 10.2 Å². The Balaban J connectivity index is 1.38. The van der Waals surface area contributed by atoms with Crippen LogP contribution in [-0.4, -0.2) is 51.9 Å². The highest BCUT2D eigenvalue weighted by Gasteiger charge is 2.19. The third-order valence-corrected chi connectivity index (χ3v) is 6.25. The molecule has 0 atom stereocenters. The van der Waals surface area contributed by atoms with Crippen molar-refractivity contribution in [2.45, 2.75) is 13.8 Å². The van der Waals surface area contributed by atoms with E-state index in [1.165, 1.54) is 0 Å². The van der Waals surface area contributed by atoms with Gasteiger partial charge < -0.3 is 20.1 Å². The SMILES string of the molecule is CC(=O)N1CCN(c2ccc(Nc3ncc(C#N)c(-c4c(C)[nH]c5ccccc45)n3)cc2)CC1. The van der Waals surface area contributed by atoms with Crippen LogP contribution in [0.5, 0.6) is 0 Å². The van der Waals surface area contributed by atoms with Gasteiger partial charge in [0.1, 0.15) is 6.07 Å². The number of carbonyl (C=O) groups is 1. The van der Waals surface area contributed by atoms with Gasteiger partial charge in [-0.15, -0.1) is 0 Å². The summed E-state index contributed by atoms with van der Waals surface area (Å²) in [6.07, 6.45) is 1.56. The van der Waals surface area contributed by atoms with Crippen LogP contribution in [0.3, 0.4) is 0 Å². The van der Waals surface area contributed by atoms with Crippen molar-refractivity contribution >= 4 is 34.1 Å². The van der Waals surface area contributed by atoms with E-state index in [1.807, 2.05) is 48.2 Å². The van der Waals surface area contributed by atoms with Crippen LogP contribution in [-0.2, 0) is 4.79 Å². The predicted octanol–water partition coefficient (Wildman–Crippen LogP) is 4.22. The Morgan fingerprint density at radius 3 is 2.53 bits per heavy atom. The van der Waals surface area contributed by atoms with Gasteiger partial charge in [0.05, 0.1) is 17.5 Å². The summed E-state index contributed by atoms with van der Waals surface area (Å²) in [4.78, 5) is 28.2. The fraction of sp³-hybridized carbons (Fsp3) is 0.231. The molecule has 0 aliphatic carbocycles. The molecule has 2 N–H and O–H groups in total. The zero-order valence-corrected chi connectivity index (χ0v) is 19.2. The summed E-state index contributed by atoms with van der Waals surface area (Å²) in [5.74, 6) is 0.560. The normalized spacial score (nSPS) is 13.7. The summed E-state index contributed by atoms with van der Waals surface area (Å²) >= 11 is 0. The lowest BCUT2D eigenvalue weighted by Crippen LogP contribution is -2.48. The standard InChI is InChI=1S/C26H25N7O/c1-17-24(22-5-3-4-6-23(22)29-17)25-19(15-27)16-28-26(31-25)30-20-7-9-21(10-8-20)33-13-11-32(12-14-33)18(2)34/h3-10,16,29H,11-14H2,1-2H3,(H,28,30,31). The van der Waals surface area contributed by atoms with E-state index in [-0.39, 0.29) is 5.91 Å². The molecule has 1 amide bonds. The van der Waals surface area contributed by atoms with Crippen molar-refractivity contribution in [1.82, 2.24) is 19.9 Å². The number of aryl methyl sites for hydroxylation is 1. The third kappa shape index (κ3) is 4.04. The van der Waals surface area contributed by atoms with Crippen LogP contribution in [0.15, 0.2) is 54.7 Å². The Morgan fingerprint density at radius 1 is 1.09 bits per heavy atom. The highest BCUT2D eigenvalue weighted by atomic mass is 16.2. The minimum Gasteiger partial charge on any atom is -0.368 e. The van der Waals surface area contributed by atoms with Crippen molar-refractivity contribution in [3.05, 3.63) is 66.0 Å². The van der Waals surface area contributed by atoms with Gasteiger partial charge in [-0.2, -0.15) is 5.26 Å². The topological polar surface area (TPSA) is 101 Å². The molecule has 8 nitrogen and oxygen atoms in total. The molecule has 3 heterocycles. The first kappa shape index (κ1) is 21.5. The molecule has 1 fully saturated rings. The number of aromatic amines is 1. The van der Waals surface area contributed by atoms with Gasteiger partial charge in [0.15, 0.2) is 0 Å². The van der Waals surface area contributed by atoms with Crippen LogP contribution in [0.25, 0.3) is 22.2 Å². The summed E-state index contributed by atoms with van der Waals surface area (Å²) in [7, 11) is 0. The first-order valence-electron chi connectivity index (χ1n) is 11.3. The van der Waals surface area contributed by atoms with Crippen molar-refractivity contribution in [3.8, 4) is 17.3 Å². The number of hydrogen-bond donors (Lipinski definition) is 2. The number of nitrogens with zero attached hydrogens (tertiary/aromatic N) is 5. The maximum atomic E-state index is 11.6. The largest absolute Gasteiger partial charge is 0.368 e. The number of anilines is 3. The number of amides is 1. The van der Waals surface area contributed by atoms with Crippen molar-refractivity contribution in [2.75, 3.05) is 36.4 Å². The van der Waals surface area contributed by atoms with Crippen LogP contribution in [0.2, 0.25) is 0 Å². The van der Waals surface area contributed by atoms with Gasteiger partial charge in [-0.25, -0.2) is 9.97 Å². The monoisotopic (exact) mass is 451 g/mol. The van der Waals surface area contributed by atoms with E-state index >= 15 is 0 Å². The third-order valence-electron chi connectivity index (χ3n) is 6.25. The molecule has 5 rings (SSSR count). The molecule has 0 spiro atoms. The molecular weight excluding hydrogens is 426 g/mol. The van der Waals surface area contributed by atoms with E-state index in [9.17, 15) is 10.1 Å². The van der Waals surface area contributed by atoms with Crippen LogP contribution >= 0.6 is 0 Å². The molecule has 0 radical (unpaired) electrons. The maximum absolute atomic E-state index is 11.6. The number of hydrogen-bond acceptors (Lipinski definition) is 6. The summed E-state index contributed by atoms with van der Waals surface area (Å²) in [5, 5.41) is 14.0. The Morgan fingerprint density at radius 2 is 1.82 bits per heavy atom. The Labute approximate surface area is 197 Å². The molecule has 0 unspecified atom stereocenters. The van der Waals surface area contributed by atoms with Crippen molar-refractivity contribution in [2.24, 2.45) is 0 Å². The summed E-state index contributed by atoms with van der Waals surface area (Å²) in [6.45, 7) is 6.72. The average molecular weight is 452 g/mol. The lowest BCUT2D eigenvalue weighted by molar-refractivity contribution is -0.129. The van der Waals surface area contributed by atoms with E-state index in [4.69, 9.17) is 4.98 Å². The van der Waals surface area contributed by atoms with E-state index in [0.717, 1.165) is 59.7 Å². The van der Waals surface area contributed by atoms with E-state index in [0.29, 0.717) is 17.2 Å². The molecule has 2 aromatic carbocycles. The van der Waals surface area contributed by atoms with E-state index < -0.39 is 0 Å². The van der Waals surface area contributed by atoms with Gasteiger partial charge in [0.2, 0.25) is 11.9 Å². The molecule has 2 aromatic heterocycles. The molecule has 1 aliphatic heterocycles. The molecule has 1 aliphatic rings. The molecule has 4 aromatic rings. The van der Waals surface area contributed by atoms with Gasteiger partial charge in [0.25, 0.3) is 0 Å². The second-order valence-corrected chi connectivity index (χ2v) is 8.40. The van der Waals surface area contributed by atoms with Gasteiger partial charge in [-0.1, -0.05) is 18.2 Å². The molecule has 1 saturated heterocycles. The van der Waals surface area contributed by atoms with Crippen molar-refractivity contribution in [3.63, 3.8) is 0 Å². The molecule has 34 heavy (non-hydrogen) atoms. The van der Waals surface area contributed by atoms with Crippen molar-refractivity contribution < 1.29 is 4.79 Å². The first-order valence-corrected chi connectivity index (χ1v) is 11.3. The Bertz CT molecular complexity index is 1390. The fourth-order valence-corrected chi connectivity index (χ4v) is 4.46. The number of nitriles is 1. The number of piperazine rings is 1. The Hall–Kier alpha value is -4.38. The quantitative estimate of drug-likeness (QED) is 0.482. The van der Waals surface area contributed by atoms with Gasteiger partial charge >= 0.3 is 0 Å². The average Bonchev–Trinajstić information content (AvgIpc) is 3.20. The number of nitrogens with one attached hydrogen (secondary N) is 2.